The molecule has 0 aliphatic rings. The molecule has 0 bridgehead atoms. The van der Waals surface area contributed by atoms with Gasteiger partial charge in [-0.3, -0.25) is 0 Å². The van der Waals surface area contributed by atoms with Crippen LogP contribution in [0.1, 0.15) is 31.0 Å². The van der Waals surface area contributed by atoms with Crippen molar-refractivity contribution in [3.05, 3.63) is 58.4 Å². The van der Waals surface area contributed by atoms with E-state index in [-0.39, 0.29) is 0 Å². The molecule has 2 nitrogen and oxygen atoms in total. The van der Waals surface area contributed by atoms with Crippen molar-refractivity contribution in [2.24, 2.45) is 0 Å². The molecule has 20 heavy (non-hydrogen) atoms. The topological polar surface area (TPSA) is 27.8 Å². The number of hydrogen-bond acceptors (Lipinski definition) is 2. The van der Waals surface area contributed by atoms with Gasteiger partial charge in [0.1, 0.15) is 0 Å². The van der Waals surface area contributed by atoms with Crippen LogP contribution in [-0.2, 0) is 6.42 Å². The van der Waals surface area contributed by atoms with Gasteiger partial charge in [0.2, 0.25) is 0 Å². The Balaban J connectivity index is 1.68. The van der Waals surface area contributed by atoms with Crippen molar-refractivity contribution in [3.63, 3.8) is 0 Å². The minimum Gasteiger partial charge on any atom is -0.361 e. The molecule has 0 spiro atoms. The third-order valence-electron chi connectivity index (χ3n) is 3.78. The third kappa shape index (κ3) is 2.79. The second kappa shape index (κ2) is 5.81. The first-order valence-electron chi connectivity index (χ1n) is 7.07. The van der Waals surface area contributed by atoms with Gasteiger partial charge in [0.25, 0.3) is 0 Å². The van der Waals surface area contributed by atoms with Crippen LogP contribution in [0.25, 0.3) is 10.9 Å². The summed E-state index contributed by atoms with van der Waals surface area (Å²) in [5, 5.41) is 9.37. The van der Waals surface area contributed by atoms with Crippen LogP contribution in [0.2, 0.25) is 0 Å². The fourth-order valence-corrected chi connectivity index (χ4v) is 3.49. The van der Waals surface area contributed by atoms with Crippen LogP contribution in [-0.4, -0.2) is 11.0 Å². The molecule has 3 aromatic rings. The van der Waals surface area contributed by atoms with Crippen LogP contribution in [0.3, 0.4) is 0 Å². The summed E-state index contributed by atoms with van der Waals surface area (Å²) in [6.45, 7) is 4.48. The van der Waals surface area contributed by atoms with Crippen molar-refractivity contribution < 1.29 is 0 Å². The molecule has 0 aliphatic carbocycles. The van der Waals surface area contributed by atoms with E-state index in [0.29, 0.717) is 12.1 Å². The van der Waals surface area contributed by atoms with E-state index in [1.165, 1.54) is 22.0 Å². The number of nitrogens with one attached hydrogen (secondary N) is 2. The number of aromatic nitrogens is 1. The fourth-order valence-electron chi connectivity index (χ4n) is 2.73. The lowest BCUT2D eigenvalue weighted by molar-refractivity contribution is 0.479. The third-order valence-corrected chi connectivity index (χ3v) is 4.48. The second-order valence-corrected chi connectivity index (χ2v) is 6.19. The van der Waals surface area contributed by atoms with Gasteiger partial charge in [-0.1, -0.05) is 18.2 Å². The Morgan fingerprint density at radius 1 is 1.20 bits per heavy atom. The van der Waals surface area contributed by atoms with Gasteiger partial charge < -0.3 is 10.3 Å². The predicted octanol–water partition coefficient (Wildman–Crippen LogP) is 4.51. The molecule has 0 saturated carbocycles. The van der Waals surface area contributed by atoms with E-state index in [4.69, 9.17) is 0 Å². The molecule has 1 aromatic carbocycles. The monoisotopic (exact) mass is 284 g/mol. The zero-order valence-corrected chi connectivity index (χ0v) is 12.7. The summed E-state index contributed by atoms with van der Waals surface area (Å²) in [5.74, 6) is 0. The largest absolute Gasteiger partial charge is 0.361 e. The van der Waals surface area contributed by atoms with Crippen LogP contribution in [0, 0.1) is 0 Å². The SMILES string of the molecule is C[C@@H](Cc1c[nH]c2ccccc12)N[C@H](C)c1ccsc1. The molecule has 3 heteroatoms. The molecule has 104 valence electrons. The van der Waals surface area contributed by atoms with Crippen LogP contribution in [0.5, 0.6) is 0 Å². The number of thiophene rings is 1. The molecule has 2 aromatic heterocycles. The molecule has 3 rings (SSSR count). The quantitative estimate of drug-likeness (QED) is 0.709. The number of fused-ring (bicyclic) bond motifs is 1. The summed E-state index contributed by atoms with van der Waals surface area (Å²) in [6, 6.07) is 11.5. The molecule has 0 saturated heterocycles. The lowest BCUT2D eigenvalue weighted by atomic mass is 10.0. The van der Waals surface area contributed by atoms with Crippen LogP contribution >= 0.6 is 11.3 Å². The summed E-state index contributed by atoms with van der Waals surface area (Å²) in [7, 11) is 0. The van der Waals surface area contributed by atoms with Crippen LogP contribution in [0.15, 0.2) is 47.3 Å². The summed E-state index contributed by atoms with van der Waals surface area (Å²) in [5.41, 5.74) is 3.99. The Kier molecular flexibility index (Phi) is 3.90. The van der Waals surface area contributed by atoms with E-state index in [2.05, 4.69) is 71.4 Å². The molecule has 0 aliphatic heterocycles. The smallest absolute Gasteiger partial charge is 0.0456 e. The van der Waals surface area contributed by atoms with Crippen molar-refractivity contribution in [3.8, 4) is 0 Å². The zero-order valence-electron chi connectivity index (χ0n) is 11.9. The van der Waals surface area contributed by atoms with Crippen molar-refractivity contribution in [1.29, 1.82) is 0 Å². The Morgan fingerprint density at radius 2 is 2.05 bits per heavy atom. The highest BCUT2D eigenvalue weighted by atomic mass is 32.1. The van der Waals surface area contributed by atoms with E-state index >= 15 is 0 Å². The summed E-state index contributed by atoms with van der Waals surface area (Å²) >= 11 is 1.76. The van der Waals surface area contributed by atoms with Gasteiger partial charge >= 0.3 is 0 Å². The predicted molar refractivity (Wildman–Crippen MR) is 87.3 cm³/mol. The minimum atomic E-state index is 0.404. The van der Waals surface area contributed by atoms with Gasteiger partial charge in [-0.2, -0.15) is 11.3 Å². The normalized spacial score (nSPS) is 14.5. The number of aromatic amines is 1. The first-order valence-corrected chi connectivity index (χ1v) is 8.01. The van der Waals surface area contributed by atoms with E-state index in [0.717, 1.165) is 6.42 Å². The molecule has 0 fully saturated rings. The van der Waals surface area contributed by atoms with E-state index in [9.17, 15) is 0 Å². The number of para-hydroxylation sites is 1. The molecule has 0 unspecified atom stereocenters. The summed E-state index contributed by atoms with van der Waals surface area (Å²) in [4.78, 5) is 3.35. The Hall–Kier alpha value is -1.58. The van der Waals surface area contributed by atoms with Gasteiger partial charge in [-0.25, -0.2) is 0 Å². The van der Waals surface area contributed by atoms with Crippen molar-refractivity contribution >= 4 is 22.2 Å². The maximum absolute atomic E-state index is 3.68. The second-order valence-electron chi connectivity index (χ2n) is 5.41. The molecule has 2 heterocycles. The lowest BCUT2D eigenvalue weighted by Crippen LogP contribution is -2.30. The highest BCUT2D eigenvalue weighted by Crippen LogP contribution is 2.21. The van der Waals surface area contributed by atoms with E-state index < -0.39 is 0 Å². The molecular weight excluding hydrogens is 264 g/mol. The zero-order chi connectivity index (χ0) is 13.9. The van der Waals surface area contributed by atoms with Gasteiger partial charge in [0.05, 0.1) is 0 Å². The van der Waals surface area contributed by atoms with Crippen molar-refractivity contribution in [2.45, 2.75) is 32.4 Å². The maximum atomic E-state index is 3.68. The van der Waals surface area contributed by atoms with E-state index in [1.807, 2.05) is 0 Å². The van der Waals surface area contributed by atoms with Gasteiger partial charge in [-0.15, -0.1) is 0 Å². The van der Waals surface area contributed by atoms with Gasteiger partial charge in [0.15, 0.2) is 0 Å². The van der Waals surface area contributed by atoms with Crippen molar-refractivity contribution in [2.75, 3.05) is 0 Å². The van der Waals surface area contributed by atoms with Gasteiger partial charge in [0, 0.05) is 29.2 Å². The number of rotatable bonds is 5. The molecule has 2 N–H and O–H groups in total. The molecule has 0 radical (unpaired) electrons. The molecular formula is C17H20N2S. The number of H-pyrrole nitrogens is 1. The number of benzene rings is 1. The highest BCUT2D eigenvalue weighted by molar-refractivity contribution is 7.07. The highest BCUT2D eigenvalue weighted by Gasteiger charge is 2.12. The Morgan fingerprint density at radius 3 is 2.85 bits per heavy atom. The minimum absolute atomic E-state index is 0.404. The molecule has 0 amide bonds. The first-order chi connectivity index (χ1) is 9.74. The van der Waals surface area contributed by atoms with Gasteiger partial charge in [-0.05, 0) is 54.3 Å². The fraction of sp³-hybridized carbons (Fsp3) is 0.294. The summed E-state index contributed by atoms with van der Waals surface area (Å²) in [6.07, 6.45) is 3.18. The van der Waals surface area contributed by atoms with E-state index in [1.54, 1.807) is 11.3 Å². The first kappa shape index (κ1) is 13.4. The lowest BCUT2D eigenvalue weighted by Gasteiger charge is -2.19. The van der Waals surface area contributed by atoms with Crippen LogP contribution in [0.4, 0.5) is 0 Å². The standard InChI is InChI=1S/C17H20N2S/c1-12(19-13(2)14-7-8-20-11-14)9-15-10-18-17-6-4-3-5-16(15)17/h3-8,10-13,18-19H,9H2,1-2H3/t12-,13+/m0/s1. The average Bonchev–Trinajstić information content (AvgIpc) is 3.09. The summed E-state index contributed by atoms with van der Waals surface area (Å²) < 4.78 is 0. The molecule has 2 atom stereocenters. The van der Waals surface area contributed by atoms with Crippen LogP contribution < -0.4 is 5.32 Å². The Labute approximate surface area is 123 Å². The van der Waals surface area contributed by atoms with Crippen molar-refractivity contribution in [1.82, 2.24) is 10.3 Å². The average molecular weight is 284 g/mol. The number of hydrogen-bond donors (Lipinski definition) is 2. The Bertz CT molecular complexity index is 669. The maximum Gasteiger partial charge on any atom is 0.0456 e.